The first-order chi connectivity index (χ1) is 19.2. The third kappa shape index (κ3) is 7.10. The fourth-order valence-electron chi connectivity index (χ4n) is 5.26. The third-order valence-corrected chi connectivity index (χ3v) is 7.54. The molecule has 2 aliphatic heterocycles. The van der Waals surface area contributed by atoms with E-state index in [1.165, 1.54) is 24.3 Å². The molecule has 0 unspecified atom stereocenters. The zero-order chi connectivity index (χ0) is 28.1. The van der Waals surface area contributed by atoms with Crippen LogP contribution in [0.15, 0.2) is 67.0 Å². The van der Waals surface area contributed by atoms with Crippen LogP contribution in [-0.2, 0) is 12.7 Å². The van der Waals surface area contributed by atoms with Crippen LogP contribution in [0, 0.1) is 5.82 Å². The molecule has 2 fully saturated rings. The van der Waals surface area contributed by atoms with Crippen molar-refractivity contribution >= 4 is 11.6 Å². The Morgan fingerprint density at radius 3 is 2.33 bits per heavy atom. The van der Waals surface area contributed by atoms with Gasteiger partial charge in [0.25, 0.3) is 5.91 Å². The van der Waals surface area contributed by atoms with Crippen LogP contribution in [0.1, 0.15) is 47.2 Å². The minimum absolute atomic E-state index is 0.0338. The first-order valence-corrected chi connectivity index (χ1v) is 13.5. The fraction of sp³-hybridized carbons (Fsp3) is 0.400. The summed E-state index contributed by atoms with van der Waals surface area (Å²) in [5.74, 6) is -0.807. The van der Waals surface area contributed by atoms with E-state index in [4.69, 9.17) is 4.74 Å². The Morgan fingerprint density at radius 2 is 1.70 bits per heavy atom. The number of rotatable bonds is 7. The Bertz CT molecular complexity index is 1270. The number of pyridine rings is 1. The molecule has 3 aromatic rings. The number of nitrogens with zero attached hydrogens (tertiary/aromatic N) is 3. The number of alkyl halides is 3. The third-order valence-electron chi connectivity index (χ3n) is 7.54. The second kappa shape index (κ2) is 12.2. The summed E-state index contributed by atoms with van der Waals surface area (Å²) < 4.78 is 59.2. The van der Waals surface area contributed by atoms with E-state index in [9.17, 15) is 22.4 Å². The summed E-state index contributed by atoms with van der Waals surface area (Å²) in [4.78, 5) is 21.3. The molecule has 3 heterocycles. The van der Waals surface area contributed by atoms with Crippen LogP contribution < -0.4 is 15.0 Å². The van der Waals surface area contributed by atoms with Gasteiger partial charge in [-0.2, -0.15) is 13.2 Å². The molecule has 10 heteroatoms. The van der Waals surface area contributed by atoms with Crippen LogP contribution in [0.4, 0.5) is 23.2 Å². The smallest absolute Gasteiger partial charge is 0.416 e. The predicted molar refractivity (Wildman–Crippen MR) is 144 cm³/mol. The Kier molecular flexibility index (Phi) is 8.54. The lowest BCUT2D eigenvalue weighted by molar-refractivity contribution is -0.137. The highest BCUT2D eigenvalue weighted by Crippen LogP contribution is 2.31. The van der Waals surface area contributed by atoms with Gasteiger partial charge in [-0.25, -0.2) is 4.39 Å². The summed E-state index contributed by atoms with van der Waals surface area (Å²) in [7, 11) is 0. The molecule has 0 aliphatic carbocycles. The molecule has 5 rings (SSSR count). The zero-order valence-electron chi connectivity index (χ0n) is 22.0. The van der Waals surface area contributed by atoms with E-state index in [0.717, 1.165) is 50.2 Å². The number of hydrogen-bond donors (Lipinski definition) is 1. The van der Waals surface area contributed by atoms with Crippen molar-refractivity contribution in [1.29, 1.82) is 0 Å². The summed E-state index contributed by atoms with van der Waals surface area (Å²) in [6.45, 7) is 3.71. The van der Waals surface area contributed by atoms with Crippen LogP contribution in [0.5, 0.6) is 5.75 Å². The lowest BCUT2D eigenvalue weighted by Crippen LogP contribution is -2.44. The maximum atomic E-state index is 14.9. The molecular weight excluding hydrogens is 524 g/mol. The van der Waals surface area contributed by atoms with Gasteiger partial charge >= 0.3 is 6.18 Å². The summed E-state index contributed by atoms with van der Waals surface area (Å²) in [6.07, 6.45) is 1.87. The molecule has 1 aromatic heterocycles. The number of nitrogens with one attached hydrogen (secondary N) is 1. The SMILES string of the molecule is O=C(NC1CCN(Cc2cccnc2)CC1)c1ccc(OC2CCN(c3ccc(C(F)(F)F)cc3)CC2)c(F)c1. The maximum absolute atomic E-state index is 14.9. The Balaban J connectivity index is 1.07. The van der Waals surface area contributed by atoms with Crippen LogP contribution in [0.3, 0.4) is 0 Å². The lowest BCUT2D eigenvalue weighted by atomic mass is 10.0. The number of amides is 1. The Labute approximate surface area is 231 Å². The molecule has 212 valence electrons. The average molecular weight is 557 g/mol. The Morgan fingerprint density at radius 1 is 0.975 bits per heavy atom. The Hall–Kier alpha value is -3.66. The van der Waals surface area contributed by atoms with Crippen LogP contribution in [-0.4, -0.2) is 54.1 Å². The molecule has 0 bridgehead atoms. The monoisotopic (exact) mass is 556 g/mol. The van der Waals surface area contributed by atoms with E-state index >= 15 is 0 Å². The standard InChI is InChI=1S/C30H32F4N4O2/c31-27-18-22(29(39)36-24-9-14-37(15-10-24)20-21-2-1-13-35-19-21)3-8-28(27)40-26-11-16-38(17-12-26)25-6-4-23(5-7-25)30(32,33)34/h1-8,13,18-19,24,26H,9-12,14-17,20H2,(H,36,39). The van der Waals surface area contributed by atoms with Gasteiger partial charge in [-0.3, -0.25) is 14.7 Å². The molecule has 0 radical (unpaired) electrons. The largest absolute Gasteiger partial charge is 0.487 e. The second-order valence-corrected chi connectivity index (χ2v) is 10.4. The fourth-order valence-corrected chi connectivity index (χ4v) is 5.26. The summed E-state index contributed by atoms with van der Waals surface area (Å²) >= 11 is 0. The molecule has 0 atom stereocenters. The molecular formula is C30H32F4N4O2. The minimum atomic E-state index is -4.36. The van der Waals surface area contributed by atoms with Crippen molar-refractivity contribution < 1.29 is 27.1 Å². The van der Waals surface area contributed by atoms with E-state index in [1.807, 2.05) is 17.2 Å². The van der Waals surface area contributed by atoms with Gasteiger partial charge in [0.2, 0.25) is 0 Å². The molecule has 6 nitrogen and oxygen atoms in total. The number of aromatic nitrogens is 1. The molecule has 0 saturated carbocycles. The van der Waals surface area contributed by atoms with Gasteiger partial charge in [-0.15, -0.1) is 0 Å². The van der Waals surface area contributed by atoms with Crippen LogP contribution in [0.2, 0.25) is 0 Å². The summed E-state index contributed by atoms with van der Waals surface area (Å²) in [6, 6.07) is 13.4. The highest BCUT2D eigenvalue weighted by Gasteiger charge is 2.30. The van der Waals surface area contributed by atoms with Crippen molar-refractivity contribution in [3.05, 3.63) is 89.5 Å². The molecule has 40 heavy (non-hydrogen) atoms. The van der Waals surface area contributed by atoms with E-state index in [1.54, 1.807) is 12.3 Å². The average Bonchev–Trinajstić information content (AvgIpc) is 2.96. The number of likely N-dealkylation sites (tertiary alicyclic amines) is 1. The van der Waals surface area contributed by atoms with E-state index in [0.29, 0.717) is 31.6 Å². The minimum Gasteiger partial charge on any atom is -0.487 e. The van der Waals surface area contributed by atoms with Crippen molar-refractivity contribution in [2.75, 3.05) is 31.1 Å². The zero-order valence-corrected chi connectivity index (χ0v) is 22.0. The number of carbonyl (C=O) groups is 1. The van der Waals surface area contributed by atoms with Gasteiger partial charge in [-0.1, -0.05) is 6.07 Å². The van der Waals surface area contributed by atoms with Crippen LogP contribution in [0.25, 0.3) is 0 Å². The maximum Gasteiger partial charge on any atom is 0.416 e. The molecule has 2 aliphatic rings. The molecule has 1 N–H and O–H groups in total. The highest BCUT2D eigenvalue weighted by atomic mass is 19.4. The number of benzene rings is 2. The van der Waals surface area contributed by atoms with Crippen molar-refractivity contribution in [3.8, 4) is 5.75 Å². The van der Waals surface area contributed by atoms with Gasteiger partial charge < -0.3 is 15.0 Å². The number of halogens is 4. The van der Waals surface area contributed by atoms with Gasteiger partial charge in [0.15, 0.2) is 11.6 Å². The van der Waals surface area contributed by atoms with Gasteiger partial charge in [0.05, 0.1) is 5.56 Å². The van der Waals surface area contributed by atoms with Crippen molar-refractivity contribution in [2.24, 2.45) is 0 Å². The number of piperidine rings is 2. The predicted octanol–water partition coefficient (Wildman–Crippen LogP) is 5.68. The van der Waals surface area contributed by atoms with Gasteiger partial charge in [-0.05, 0) is 66.9 Å². The van der Waals surface area contributed by atoms with Crippen LogP contribution >= 0.6 is 0 Å². The van der Waals surface area contributed by atoms with Gasteiger partial charge in [0.1, 0.15) is 6.10 Å². The highest BCUT2D eigenvalue weighted by molar-refractivity contribution is 5.94. The molecule has 1 amide bonds. The van der Waals surface area contributed by atoms with E-state index in [-0.39, 0.29) is 29.4 Å². The normalized spacial score (nSPS) is 17.6. The number of ether oxygens (including phenoxy) is 1. The summed E-state index contributed by atoms with van der Waals surface area (Å²) in [5, 5.41) is 3.03. The lowest BCUT2D eigenvalue weighted by Gasteiger charge is -2.34. The van der Waals surface area contributed by atoms with Crippen molar-refractivity contribution in [2.45, 2.75) is 50.6 Å². The van der Waals surface area contributed by atoms with E-state index < -0.39 is 17.6 Å². The topological polar surface area (TPSA) is 57.7 Å². The second-order valence-electron chi connectivity index (χ2n) is 10.4. The first-order valence-electron chi connectivity index (χ1n) is 13.5. The number of anilines is 1. The number of hydrogen-bond acceptors (Lipinski definition) is 5. The van der Waals surface area contributed by atoms with Crippen molar-refractivity contribution in [3.63, 3.8) is 0 Å². The van der Waals surface area contributed by atoms with Gasteiger partial charge in [0, 0.05) is 75.3 Å². The quantitative estimate of drug-likeness (QED) is 0.380. The first kappa shape index (κ1) is 27.9. The van der Waals surface area contributed by atoms with E-state index in [2.05, 4.69) is 21.3 Å². The molecule has 0 spiro atoms. The number of carbonyl (C=O) groups excluding carboxylic acids is 1. The molecule has 2 aromatic carbocycles. The van der Waals surface area contributed by atoms with Crippen molar-refractivity contribution in [1.82, 2.24) is 15.2 Å². The molecule has 2 saturated heterocycles. The summed E-state index contributed by atoms with van der Waals surface area (Å²) in [5.41, 5.74) is 1.45.